The minimum absolute atomic E-state index is 0.261. The Kier molecular flexibility index (Phi) is 4.01. The molecule has 0 bridgehead atoms. The van der Waals surface area contributed by atoms with E-state index in [1.165, 1.54) is 6.21 Å². The first-order valence-electron chi connectivity index (χ1n) is 5.68. The van der Waals surface area contributed by atoms with Gasteiger partial charge in [-0.25, -0.2) is 22.0 Å². The van der Waals surface area contributed by atoms with Crippen LogP contribution in [0.1, 0.15) is 24.8 Å². The van der Waals surface area contributed by atoms with Crippen molar-refractivity contribution in [3.05, 3.63) is 34.6 Å². The summed E-state index contributed by atoms with van der Waals surface area (Å²) < 4.78 is 64.9. The number of nitrogens with zero attached hydrogens (tertiary/aromatic N) is 1. The van der Waals surface area contributed by atoms with Gasteiger partial charge in [0.15, 0.2) is 23.3 Å². The van der Waals surface area contributed by atoms with Crippen molar-refractivity contribution < 1.29 is 26.8 Å². The fraction of sp³-hybridized carbons (Fsp3) is 0.417. The molecule has 0 atom stereocenters. The Hall–Kier alpha value is -1.66. The molecule has 19 heavy (non-hydrogen) atoms. The maximum absolute atomic E-state index is 13.2. The van der Waals surface area contributed by atoms with Crippen molar-refractivity contribution in [2.45, 2.75) is 25.9 Å². The van der Waals surface area contributed by atoms with Crippen LogP contribution in [-0.4, -0.2) is 6.21 Å². The number of hydrogen-bond acceptors (Lipinski definition) is 2. The Bertz CT molecular complexity index is 484. The zero-order valence-electron chi connectivity index (χ0n) is 9.73. The van der Waals surface area contributed by atoms with Crippen LogP contribution < -0.4 is 0 Å². The molecule has 0 aromatic heterocycles. The minimum Gasteiger partial charge on any atom is -0.391 e. The molecule has 1 aliphatic carbocycles. The molecule has 0 heterocycles. The fourth-order valence-electron chi connectivity index (χ4n) is 1.60. The van der Waals surface area contributed by atoms with E-state index in [2.05, 4.69) is 9.99 Å². The summed E-state index contributed by atoms with van der Waals surface area (Å²) in [7, 11) is 0. The summed E-state index contributed by atoms with van der Waals surface area (Å²) in [6, 6.07) is 0. The van der Waals surface area contributed by atoms with Crippen LogP contribution in [0.15, 0.2) is 5.16 Å². The van der Waals surface area contributed by atoms with Crippen LogP contribution in [0.3, 0.4) is 0 Å². The van der Waals surface area contributed by atoms with Crippen molar-refractivity contribution in [2.75, 3.05) is 0 Å². The van der Waals surface area contributed by atoms with Gasteiger partial charge in [-0.15, -0.1) is 0 Å². The summed E-state index contributed by atoms with van der Waals surface area (Å²) in [4.78, 5) is 4.57. The van der Waals surface area contributed by atoms with Gasteiger partial charge in [-0.3, -0.25) is 0 Å². The van der Waals surface area contributed by atoms with Crippen molar-refractivity contribution in [1.29, 1.82) is 0 Å². The van der Waals surface area contributed by atoms with E-state index in [-0.39, 0.29) is 5.92 Å². The lowest BCUT2D eigenvalue weighted by molar-refractivity contribution is 0.122. The van der Waals surface area contributed by atoms with Gasteiger partial charge in [0.2, 0.25) is 5.82 Å². The average molecular weight is 279 g/mol. The highest BCUT2D eigenvalue weighted by Gasteiger charge is 2.25. The first kappa shape index (κ1) is 13.8. The van der Waals surface area contributed by atoms with Crippen molar-refractivity contribution in [1.82, 2.24) is 0 Å². The number of oxime groups is 1. The smallest absolute Gasteiger partial charge is 0.200 e. The standard InChI is InChI=1S/C12H10F5NO/c13-8-7(5-19-18-4-6-2-1-3-6)9(14)11(16)12(17)10(8)15/h4,6H,1-3,5H2. The molecular weight excluding hydrogens is 269 g/mol. The lowest BCUT2D eigenvalue weighted by Gasteiger charge is -2.19. The summed E-state index contributed by atoms with van der Waals surface area (Å²) in [6.45, 7) is -0.811. The van der Waals surface area contributed by atoms with Gasteiger partial charge in [0.05, 0.1) is 5.56 Å². The first-order valence-corrected chi connectivity index (χ1v) is 5.68. The van der Waals surface area contributed by atoms with Crippen LogP contribution in [0.25, 0.3) is 0 Å². The lowest BCUT2D eigenvalue weighted by atomic mass is 9.87. The second-order valence-corrected chi connectivity index (χ2v) is 4.27. The van der Waals surface area contributed by atoms with E-state index in [9.17, 15) is 22.0 Å². The number of rotatable bonds is 4. The lowest BCUT2D eigenvalue weighted by Crippen LogP contribution is -2.12. The Morgan fingerprint density at radius 2 is 1.47 bits per heavy atom. The molecule has 1 aliphatic rings. The van der Waals surface area contributed by atoms with Gasteiger partial charge in [-0.2, -0.15) is 0 Å². The summed E-state index contributed by atoms with van der Waals surface area (Å²) in [5, 5.41) is 3.46. The maximum atomic E-state index is 13.2. The Morgan fingerprint density at radius 1 is 0.947 bits per heavy atom. The molecule has 0 N–H and O–H groups in total. The van der Waals surface area contributed by atoms with E-state index in [4.69, 9.17) is 0 Å². The third-order valence-electron chi connectivity index (χ3n) is 3.01. The van der Waals surface area contributed by atoms with E-state index in [1.54, 1.807) is 0 Å². The zero-order chi connectivity index (χ0) is 14.0. The Morgan fingerprint density at radius 3 is 1.95 bits per heavy atom. The number of hydrogen-bond donors (Lipinski definition) is 0. The van der Waals surface area contributed by atoms with Gasteiger partial charge < -0.3 is 4.84 Å². The monoisotopic (exact) mass is 279 g/mol. The molecule has 0 amide bonds. The molecule has 1 saturated carbocycles. The van der Waals surface area contributed by atoms with E-state index in [1.807, 2.05) is 0 Å². The van der Waals surface area contributed by atoms with E-state index < -0.39 is 41.3 Å². The van der Waals surface area contributed by atoms with Crippen molar-refractivity contribution in [3.8, 4) is 0 Å². The minimum atomic E-state index is -2.18. The molecule has 0 aliphatic heterocycles. The molecule has 2 rings (SSSR count). The number of benzene rings is 1. The van der Waals surface area contributed by atoms with Gasteiger partial charge in [0, 0.05) is 6.21 Å². The van der Waals surface area contributed by atoms with Crippen LogP contribution in [0.5, 0.6) is 0 Å². The topological polar surface area (TPSA) is 21.6 Å². The van der Waals surface area contributed by atoms with Crippen molar-refractivity contribution in [2.24, 2.45) is 11.1 Å². The summed E-state index contributed by atoms with van der Waals surface area (Å²) in [5.41, 5.74) is -1.03. The van der Waals surface area contributed by atoms with Gasteiger partial charge in [0.1, 0.15) is 6.61 Å². The van der Waals surface area contributed by atoms with E-state index in [0.717, 1.165) is 19.3 Å². The molecule has 0 saturated heterocycles. The summed E-state index contributed by atoms with van der Waals surface area (Å²) in [5.74, 6) is -9.68. The van der Waals surface area contributed by atoms with Gasteiger partial charge in [-0.05, 0) is 18.8 Å². The predicted octanol–water partition coefficient (Wildman–Crippen LogP) is 3.68. The van der Waals surface area contributed by atoms with E-state index >= 15 is 0 Å². The Labute approximate surface area is 105 Å². The molecule has 1 aromatic rings. The third-order valence-corrected chi connectivity index (χ3v) is 3.01. The third kappa shape index (κ3) is 2.69. The van der Waals surface area contributed by atoms with E-state index in [0.29, 0.717) is 0 Å². The molecule has 1 aromatic carbocycles. The molecule has 0 spiro atoms. The maximum Gasteiger partial charge on any atom is 0.200 e. The van der Waals surface area contributed by atoms with Gasteiger partial charge >= 0.3 is 0 Å². The zero-order valence-corrected chi connectivity index (χ0v) is 9.73. The molecule has 1 fully saturated rings. The molecule has 0 radical (unpaired) electrons. The van der Waals surface area contributed by atoms with Crippen LogP contribution in [-0.2, 0) is 11.4 Å². The second-order valence-electron chi connectivity index (χ2n) is 4.27. The molecular formula is C12H10F5NO. The van der Waals surface area contributed by atoms with Gasteiger partial charge in [0.25, 0.3) is 0 Å². The SMILES string of the molecule is Fc1c(F)c(F)c(CON=CC2CCC2)c(F)c1F. The highest BCUT2D eigenvalue weighted by Crippen LogP contribution is 2.25. The molecule has 2 nitrogen and oxygen atoms in total. The molecule has 104 valence electrons. The largest absolute Gasteiger partial charge is 0.391 e. The molecule has 7 heteroatoms. The van der Waals surface area contributed by atoms with Crippen LogP contribution in [0.4, 0.5) is 22.0 Å². The fourth-order valence-corrected chi connectivity index (χ4v) is 1.60. The van der Waals surface area contributed by atoms with Crippen LogP contribution >= 0.6 is 0 Å². The van der Waals surface area contributed by atoms with Gasteiger partial charge in [-0.1, -0.05) is 11.6 Å². The number of halogens is 5. The predicted molar refractivity (Wildman–Crippen MR) is 56.9 cm³/mol. The van der Waals surface area contributed by atoms with Crippen molar-refractivity contribution >= 4 is 6.21 Å². The summed E-state index contributed by atoms with van der Waals surface area (Å²) in [6.07, 6.45) is 4.45. The highest BCUT2D eigenvalue weighted by molar-refractivity contribution is 5.60. The van der Waals surface area contributed by atoms with Crippen molar-refractivity contribution in [3.63, 3.8) is 0 Å². The quantitative estimate of drug-likeness (QED) is 0.271. The average Bonchev–Trinajstić information content (AvgIpc) is 2.35. The second kappa shape index (κ2) is 5.54. The highest BCUT2D eigenvalue weighted by atomic mass is 19.2. The molecule has 0 unspecified atom stereocenters. The summed E-state index contributed by atoms with van der Waals surface area (Å²) >= 11 is 0. The van der Waals surface area contributed by atoms with Crippen LogP contribution in [0, 0.1) is 35.0 Å². The van der Waals surface area contributed by atoms with Crippen LogP contribution in [0.2, 0.25) is 0 Å². The Balaban J connectivity index is 2.09. The first-order chi connectivity index (χ1) is 9.02. The normalized spacial score (nSPS) is 15.8.